The molecule has 0 saturated carbocycles. The van der Waals surface area contributed by atoms with Crippen LogP contribution in [0.3, 0.4) is 0 Å². The zero-order valence-electron chi connectivity index (χ0n) is 21.2. The van der Waals surface area contributed by atoms with Gasteiger partial charge in [0.15, 0.2) is 0 Å². The van der Waals surface area contributed by atoms with Gasteiger partial charge in [-0.1, -0.05) is 36.4 Å². The highest BCUT2D eigenvalue weighted by Gasteiger charge is 2.42. The number of rotatable bonds is 2. The summed E-state index contributed by atoms with van der Waals surface area (Å²) in [6, 6.07) is 23.3. The number of halogens is 4. The van der Waals surface area contributed by atoms with Crippen LogP contribution in [-0.2, 0) is 0 Å². The number of nitrogens with zero attached hydrogens (tertiary/aromatic N) is 4. The maximum Gasteiger partial charge on any atom is 0.138 e. The molecule has 4 aromatic rings. The number of fused-ring (bicyclic) bond motifs is 4. The van der Waals surface area contributed by atoms with Crippen molar-refractivity contribution in [2.45, 2.75) is 0 Å². The largest absolute Gasteiger partial charge is 0.207 e. The molecule has 0 aromatic heterocycles. The average molecular weight is 552 g/mol. The molecule has 0 atom stereocenters. The highest BCUT2D eigenvalue weighted by Crippen LogP contribution is 2.61. The van der Waals surface area contributed by atoms with E-state index in [0.717, 1.165) is 36.4 Å². The van der Waals surface area contributed by atoms with Crippen LogP contribution in [0.4, 0.5) is 17.6 Å². The third-order valence-electron chi connectivity index (χ3n) is 7.21. The maximum absolute atomic E-state index is 14.3. The molecule has 4 nitrogen and oxygen atoms in total. The van der Waals surface area contributed by atoms with Crippen LogP contribution in [0.1, 0.15) is 22.3 Å². The molecule has 0 bridgehead atoms. The van der Waals surface area contributed by atoms with Gasteiger partial charge in [0.25, 0.3) is 0 Å². The SMILES string of the molecule is N#CC(C#N)=C1C2=C(C(=C(C#N)C#N)c3c2cccc3-c2cc(F)cc(F)c2)c2cccc(-c3cc(F)cc(F)c3)c21. The number of hydrogen-bond acceptors (Lipinski definition) is 4. The highest BCUT2D eigenvalue weighted by atomic mass is 19.1. The van der Waals surface area contributed by atoms with Crippen molar-refractivity contribution in [3.8, 4) is 46.5 Å². The number of benzene rings is 4. The predicted molar refractivity (Wildman–Crippen MR) is 147 cm³/mol. The van der Waals surface area contributed by atoms with Crippen molar-refractivity contribution in [3.05, 3.63) is 129 Å². The van der Waals surface area contributed by atoms with Crippen molar-refractivity contribution in [1.29, 1.82) is 21.0 Å². The van der Waals surface area contributed by atoms with E-state index in [4.69, 9.17) is 0 Å². The molecule has 8 heteroatoms. The summed E-state index contributed by atoms with van der Waals surface area (Å²) >= 11 is 0. The van der Waals surface area contributed by atoms with E-state index in [1.54, 1.807) is 36.4 Å². The van der Waals surface area contributed by atoms with Gasteiger partial charge in [-0.2, -0.15) is 21.0 Å². The molecule has 0 heterocycles. The molecule has 0 fully saturated rings. The minimum Gasteiger partial charge on any atom is -0.207 e. The van der Waals surface area contributed by atoms with Crippen molar-refractivity contribution in [2.75, 3.05) is 0 Å². The van der Waals surface area contributed by atoms with Crippen molar-refractivity contribution in [3.63, 3.8) is 0 Å². The normalized spacial score (nSPS) is 12.5. The Labute approximate surface area is 236 Å². The number of nitriles is 4. The van der Waals surface area contributed by atoms with Gasteiger partial charge in [0.1, 0.15) is 58.7 Å². The van der Waals surface area contributed by atoms with E-state index in [-0.39, 0.29) is 33.4 Å². The third-order valence-corrected chi connectivity index (χ3v) is 7.21. The lowest BCUT2D eigenvalue weighted by Gasteiger charge is -2.18. The summed E-state index contributed by atoms with van der Waals surface area (Å²) in [6.45, 7) is 0. The summed E-state index contributed by atoms with van der Waals surface area (Å²) in [5.74, 6) is -3.33. The predicted octanol–water partition coefficient (Wildman–Crippen LogP) is 8.12. The second kappa shape index (κ2) is 9.76. The Balaban J connectivity index is 1.77. The van der Waals surface area contributed by atoms with E-state index in [2.05, 4.69) is 0 Å². The van der Waals surface area contributed by atoms with E-state index in [0.29, 0.717) is 44.5 Å². The van der Waals surface area contributed by atoms with Crippen LogP contribution in [0, 0.1) is 68.6 Å². The first-order chi connectivity index (χ1) is 20.3. The van der Waals surface area contributed by atoms with Crippen LogP contribution >= 0.6 is 0 Å². The highest BCUT2D eigenvalue weighted by molar-refractivity contribution is 6.39. The van der Waals surface area contributed by atoms with Crippen LogP contribution < -0.4 is 0 Å². The molecule has 0 saturated heterocycles. The molecule has 0 aliphatic heterocycles. The zero-order valence-corrected chi connectivity index (χ0v) is 21.2. The van der Waals surface area contributed by atoms with Crippen LogP contribution in [0.25, 0.3) is 44.5 Å². The third kappa shape index (κ3) is 3.80. The van der Waals surface area contributed by atoms with Crippen molar-refractivity contribution in [2.24, 2.45) is 0 Å². The van der Waals surface area contributed by atoms with Gasteiger partial charge in [-0.05, 0) is 57.6 Å². The maximum atomic E-state index is 14.3. The van der Waals surface area contributed by atoms with Crippen molar-refractivity contribution in [1.82, 2.24) is 0 Å². The monoisotopic (exact) mass is 552 g/mol. The fraction of sp³-hybridized carbons (Fsp3) is 0. The average Bonchev–Trinajstić information content (AvgIpc) is 3.47. The topological polar surface area (TPSA) is 95.2 Å². The molecule has 0 unspecified atom stereocenters. The van der Waals surface area contributed by atoms with Gasteiger partial charge in [0.2, 0.25) is 0 Å². The molecule has 0 spiro atoms. The van der Waals surface area contributed by atoms with E-state index in [1.807, 2.05) is 24.3 Å². The molecule has 0 radical (unpaired) electrons. The molecular formula is C34H12F4N4. The standard InChI is InChI=1S/C34H12F4N4/c35-21-7-17(8-22(36)11-21)25-3-1-5-27-31(25)29(19(13-39)14-40)34-28-6-2-4-26(18-9-23(37)12-24(38)10-18)32(28)30(33(27)34)20(15-41)16-42/h1-12H. The lowest BCUT2D eigenvalue weighted by molar-refractivity contribution is 0.583. The first-order valence-corrected chi connectivity index (χ1v) is 12.4. The molecular weight excluding hydrogens is 540 g/mol. The summed E-state index contributed by atoms with van der Waals surface area (Å²) in [5.41, 5.74) is 2.78. The quantitative estimate of drug-likeness (QED) is 0.185. The Kier molecular flexibility index (Phi) is 6.05. The zero-order chi connectivity index (χ0) is 29.7. The van der Waals surface area contributed by atoms with Gasteiger partial charge in [-0.25, -0.2) is 17.6 Å². The lowest BCUT2D eigenvalue weighted by Crippen LogP contribution is -2.00. The molecule has 2 aliphatic rings. The van der Waals surface area contributed by atoms with Crippen LogP contribution in [0.2, 0.25) is 0 Å². The smallest absolute Gasteiger partial charge is 0.138 e. The lowest BCUT2D eigenvalue weighted by atomic mass is 9.83. The molecule has 4 aromatic carbocycles. The van der Waals surface area contributed by atoms with Crippen LogP contribution in [0.5, 0.6) is 0 Å². The fourth-order valence-electron chi connectivity index (χ4n) is 5.77. The Morgan fingerprint density at radius 1 is 0.452 bits per heavy atom. The van der Waals surface area contributed by atoms with Gasteiger partial charge in [-0.3, -0.25) is 0 Å². The molecule has 2 aliphatic carbocycles. The summed E-state index contributed by atoms with van der Waals surface area (Å²) in [6.07, 6.45) is 0. The van der Waals surface area contributed by atoms with E-state index < -0.39 is 23.3 Å². The second-order valence-corrected chi connectivity index (χ2v) is 9.47. The number of hydrogen-bond donors (Lipinski definition) is 0. The van der Waals surface area contributed by atoms with E-state index >= 15 is 0 Å². The first kappa shape index (κ1) is 26.0. The van der Waals surface area contributed by atoms with Gasteiger partial charge in [-0.15, -0.1) is 0 Å². The first-order valence-electron chi connectivity index (χ1n) is 12.4. The Hall–Kier alpha value is -6.22. The summed E-state index contributed by atoms with van der Waals surface area (Å²) in [4.78, 5) is 0. The van der Waals surface area contributed by atoms with Crippen molar-refractivity contribution >= 4 is 22.3 Å². The van der Waals surface area contributed by atoms with E-state index in [9.17, 15) is 38.6 Å². The second-order valence-electron chi connectivity index (χ2n) is 9.47. The molecule has 0 amide bonds. The minimum absolute atomic E-state index is 0.147. The fourth-order valence-corrected chi connectivity index (χ4v) is 5.77. The van der Waals surface area contributed by atoms with Gasteiger partial charge in [0.05, 0.1) is 0 Å². The molecule has 42 heavy (non-hydrogen) atoms. The molecule has 0 N–H and O–H groups in total. The Bertz CT molecular complexity index is 1950. The summed E-state index contributed by atoms with van der Waals surface area (Å²) in [7, 11) is 0. The van der Waals surface area contributed by atoms with Crippen LogP contribution in [0.15, 0.2) is 83.9 Å². The molecule has 196 valence electrons. The molecule has 6 rings (SSSR count). The number of allylic oxidation sites excluding steroid dienone is 6. The van der Waals surface area contributed by atoms with Gasteiger partial charge < -0.3 is 0 Å². The summed E-state index contributed by atoms with van der Waals surface area (Å²) < 4.78 is 57.2. The Morgan fingerprint density at radius 3 is 1.07 bits per heavy atom. The van der Waals surface area contributed by atoms with Crippen LogP contribution in [-0.4, -0.2) is 0 Å². The van der Waals surface area contributed by atoms with Gasteiger partial charge >= 0.3 is 0 Å². The van der Waals surface area contributed by atoms with E-state index in [1.165, 1.54) is 0 Å². The van der Waals surface area contributed by atoms with Crippen molar-refractivity contribution < 1.29 is 17.6 Å². The Morgan fingerprint density at radius 2 is 0.762 bits per heavy atom. The summed E-state index contributed by atoms with van der Waals surface area (Å²) in [5, 5.41) is 40.1. The van der Waals surface area contributed by atoms with Gasteiger partial charge in [0, 0.05) is 45.6 Å². The minimum atomic E-state index is -0.832.